The Hall–Kier alpha value is -3.25. The van der Waals surface area contributed by atoms with Crippen LogP contribution in [0.3, 0.4) is 0 Å². The number of halogens is 1. The van der Waals surface area contributed by atoms with Crippen molar-refractivity contribution in [1.29, 1.82) is 0 Å². The van der Waals surface area contributed by atoms with Crippen LogP contribution in [0.2, 0.25) is 0 Å². The van der Waals surface area contributed by atoms with Gasteiger partial charge in [0.2, 0.25) is 0 Å². The van der Waals surface area contributed by atoms with Gasteiger partial charge in [0, 0.05) is 23.2 Å². The lowest BCUT2D eigenvalue weighted by Gasteiger charge is -2.11. The van der Waals surface area contributed by atoms with Gasteiger partial charge in [-0.25, -0.2) is 4.98 Å². The molecule has 2 heterocycles. The molecule has 1 aliphatic rings. The third-order valence-corrected chi connectivity index (χ3v) is 6.63. The van der Waals surface area contributed by atoms with Crippen LogP contribution in [-0.2, 0) is 16.6 Å². The summed E-state index contributed by atoms with van der Waals surface area (Å²) in [4.78, 5) is 16.1. The zero-order chi connectivity index (χ0) is 22.3. The van der Waals surface area contributed by atoms with E-state index in [1.54, 1.807) is 0 Å². The maximum atomic E-state index is 11.6. The van der Waals surface area contributed by atoms with E-state index in [9.17, 15) is 9.90 Å². The number of rotatable bonds is 6. The molecule has 0 amide bonds. The van der Waals surface area contributed by atoms with Crippen molar-refractivity contribution in [3.63, 3.8) is 0 Å². The van der Waals surface area contributed by atoms with E-state index < -0.39 is 11.4 Å². The van der Waals surface area contributed by atoms with Crippen molar-refractivity contribution in [3.05, 3.63) is 93.8 Å². The van der Waals surface area contributed by atoms with Crippen LogP contribution in [0.25, 0.3) is 22.5 Å². The molecule has 1 N–H and O–H groups in total. The van der Waals surface area contributed by atoms with Crippen molar-refractivity contribution in [1.82, 2.24) is 10.1 Å². The van der Waals surface area contributed by atoms with E-state index in [0.29, 0.717) is 19.3 Å². The average molecular weight is 489 g/mol. The van der Waals surface area contributed by atoms with Gasteiger partial charge in [0.1, 0.15) is 4.60 Å². The highest BCUT2D eigenvalue weighted by Crippen LogP contribution is 2.48. The summed E-state index contributed by atoms with van der Waals surface area (Å²) < 4.78 is 6.47. The number of benzene rings is 2. The molecular formula is C26H21BrN2O3. The van der Waals surface area contributed by atoms with Crippen molar-refractivity contribution in [2.45, 2.75) is 31.6 Å². The standard InChI is InChI=1S/C26H21BrN2O3/c1-16-22(15-21-3-2-4-23(27)28-21)24(32-29-16)19-7-5-17(6-8-19)18-9-11-20(12-10-18)26(13-14-26)25(30)31/h2-12H,13-15H2,1H3,(H,30,31). The summed E-state index contributed by atoms with van der Waals surface area (Å²) in [5.74, 6) is 0.0223. The van der Waals surface area contributed by atoms with E-state index in [1.165, 1.54) is 0 Å². The van der Waals surface area contributed by atoms with Crippen molar-refractivity contribution < 1.29 is 14.4 Å². The first-order valence-corrected chi connectivity index (χ1v) is 11.3. The SMILES string of the molecule is Cc1noc(-c2ccc(-c3ccc(C4(C(=O)O)CC4)cc3)cc2)c1Cc1cccc(Br)n1. The summed E-state index contributed by atoms with van der Waals surface area (Å²) in [6.45, 7) is 1.94. The van der Waals surface area contributed by atoms with Gasteiger partial charge >= 0.3 is 5.97 Å². The summed E-state index contributed by atoms with van der Waals surface area (Å²) in [6, 6.07) is 21.9. The summed E-state index contributed by atoms with van der Waals surface area (Å²) in [5, 5.41) is 13.7. The van der Waals surface area contributed by atoms with Crippen molar-refractivity contribution in [2.75, 3.05) is 0 Å². The van der Waals surface area contributed by atoms with Crippen LogP contribution < -0.4 is 0 Å². The van der Waals surface area contributed by atoms with E-state index >= 15 is 0 Å². The van der Waals surface area contributed by atoms with E-state index in [0.717, 1.165) is 49.6 Å². The van der Waals surface area contributed by atoms with Crippen LogP contribution in [0.1, 0.15) is 35.4 Å². The number of hydrogen-bond acceptors (Lipinski definition) is 4. The second-order valence-electron chi connectivity index (χ2n) is 8.25. The minimum absolute atomic E-state index is 0.638. The van der Waals surface area contributed by atoms with Crippen molar-refractivity contribution in [3.8, 4) is 22.5 Å². The maximum Gasteiger partial charge on any atom is 0.314 e. The van der Waals surface area contributed by atoms with Gasteiger partial charge in [-0.3, -0.25) is 4.79 Å². The Bertz CT molecular complexity index is 1290. The molecule has 160 valence electrons. The van der Waals surface area contributed by atoms with Crippen molar-refractivity contribution >= 4 is 21.9 Å². The van der Waals surface area contributed by atoms with Gasteiger partial charge in [-0.1, -0.05) is 59.8 Å². The number of carboxylic acids is 1. The largest absolute Gasteiger partial charge is 0.481 e. The van der Waals surface area contributed by atoms with Gasteiger partial charge in [0.15, 0.2) is 5.76 Å². The van der Waals surface area contributed by atoms with E-state index in [1.807, 2.05) is 73.7 Å². The van der Waals surface area contributed by atoms with E-state index in [2.05, 4.69) is 26.1 Å². The molecule has 0 unspecified atom stereocenters. The molecule has 5 nitrogen and oxygen atoms in total. The molecule has 1 saturated carbocycles. The van der Waals surface area contributed by atoms with Gasteiger partial charge < -0.3 is 9.63 Å². The lowest BCUT2D eigenvalue weighted by Crippen LogP contribution is -2.19. The highest BCUT2D eigenvalue weighted by atomic mass is 79.9. The second-order valence-corrected chi connectivity index (χ2v) is 9.06. The minimum Gasteiger partial charge on any atom is -0.481 e. The van der Waals surface area contributed by atoms with Gasteiger partial charge in [0.05, 0.1) is 11.1 Å². The third-order valence-electron chi connectivity index (χ3n) is 6.19. The Morgan fingerprint density at radius 1 is 1.00 bits per heavy atom. The third kappa shape index (κ3) is 3.75. The van der Waals surface area contributed by atoms with Crippen LogP contribution in [0.4, 0.5) is 0 Å². The number of hydrogen-bond donors (Lipinski definition) is 1. The number of carboxylic acid groups (broad SMARTS) is 1. The predicted molar refractivity (Wildman–Crippen MR) is 125 cm³/mol. The highest BCUT2D eigenvalue weighted by molar-refractivity contribution is 9.10. The topological polar surface area (TPSA) is 76.2 Å². The summed E-state index contributed by atoms with van der Waals surface area (Å²) in [5.41, 5.74) is 6.10. The van der Waals surface area contributed by atoms with Gasteiger partial charge in [0.25, 0.3) is 0 Å². The molecule has 0 atom stereocenters. The summed E-state index contributed by atoms with van der Waals surface area (Å²) in [7, 11) is 0. The Kier molecular flexibility index (Phi) is 5.18. The molecule has 6 heteroatoms. The Labute approximate surface area is 194 Å². The first kappa shape index (κ1) is 20.6. The monoisotopic (exact) mass is 488 g/mol. The molecule has 0 bridgehead atoms. The summed E-state index contributed by atoms with van der Waals surface area (Å²) in [6.07, 6.45) is 2.06. The normalized spacial score (nSPS) is 14.3. The zero-order valence-corrected chi connectivity index (χ0v) is 19.1. The van der Waals surface area contributed by atoms with Crippen LogP contribution in [0.5, 0.6) is 0 Å². The molecule has 0 aliphatic heterocycles. The number of pyridine rings is 1. The summed E-state index contributed by atoms with van der Waals surface area (Å²) >= 11 is 3.42. The number of carbonyl (C=O) groups is 1. The lowest BCUT2D eigenvalue weighted by molar-refractivity contribution is -0.140. The van der Waals surface area contributed by atoms with Gasteiger partial charge in [-0.15, -0.1) is 0 Å². The predicted octanol–water partition coefficient (Wildman–Crippen LogP) is 6.18. The second kappa shape index (κ2) is 8.02. The number of aliphatic carboxylic acids is 1. The molecule has 5 rings (SSSR count). The van der Waals surface area contributed by atoms with Crippen molar-refractivity contribution in [2.24, 2.45) is 0 Å². The molecule has 1 aliphatic carbocycles. The van der Waals surface area contributed by atoms with Crippen LogP contribution in [0, 0.1) is 6.92 Å². The quantitative estimate of drug-likeness (QED) is 0.327. The van der Waals surface area contributed by atoms with Crippen LogP contribution in [-0.4, -0.2) is 21.2 Å². The number of aryl methyl sites for hydroxylation is 1. The minimum atomic E-state index is -0.731. The fourth-order valence-electron chi connectivity index (χ4n) is 4.10. The van der Waals surface area contributed by atoms with Gasteiger partial charge in [-0.2, -0.15) is 0 Å². The first-order chi connectivity index (χ1) is 15.5. The molecule has 0 saturated heterocycles. The first-order valence-electron chi connectivity index (χ1n) is 10.5. The van der Waals surface area contributed by atoms with Crippen LogP contribution in [0.15, 0.2) is 75.9 Å². The fraction of sp³-hybridized carbons (Fsp3) is 0.192. The number of nitrogens with zero attached hydrogens (tertiary/aromatic N) is 2. The smallest absolute Gasteiger partial charge is 0.314 e. The molecule has 4 aromatic rings. The molecular weight excluding hydrogens is 468 g/mol. The zero-order valence-electron chi connectivity index (χ0n) is 17.5. The Morgan fingerprint density at radius 2 is 1.62 bits per heavy atom. The average Bonchev–Trinajstić information content (AvgIpc) is 3.54. The Morgan fingerprint density at radius 3 is 2.22 bits per heavy atom. The molecule has 1 fully saturated rings. The molecule has 0 radical (unpaired) electrons. The number of aromatic nitrogens is 2. The van der Waals surface area contributed by atoms with Gasteiger partial charge in [-0.05, 0) is 64.5 Å². The highest BCUT2D eigenvalue weighted by Gasteiger charge is 2.51. The van der Waals surface area contributed by atoms with E-state index in [4.69, 9.17) is 4.52 Å². The maximum absolute atomic E-state index is 11.6. The Balaban J connectivity index is 1.39. The molecule has 32 heavy (non-hydrogen) atoms. The molecule has 2 aromatic carbocycles. The molecule has 0 spiro atoms. The van der Waals surface area contributed by atoms with Crippen LogP contribution >= 0.6 is 15.9 Å². The van der Waals surface area contributed by atoms with E-state index in [-0.39, 0.29) is 0 Å². The fourth-order valence-corrected chi connectivity index (χ4v) is 4.48. The molecule has 2 aromatic heterocycles. The lowest BCUT2D eigenvalue weighted by atomic mass is 9.93.